The normalized spacial score (nSPS) is 11.0. The van der Waals surface area contributed by atoms with E-state index in [2.05, 4.69) is 4.98 Å². The molecule has 0 spiro atoms. The van der Waals surface area contributed by atoms with Crippen molar-refractivity contribution < 1.29 is 14.3 Å². The van der Waals surface area contributed by atoms with Crippen LogP contribution >= 0.6 is 11.6 Å². The molecule has 1 aromatic heterocycles. The highest BCUT2D eigenvalue weighted by Crippen LogP contribution is 2.22. The van der Waals surface area contributed by atoms with Crippen LogP contribution in [0.25, 0.3) is 11.1 Å². The molecule has 1 heterocycles. The zero-order valence-corrected chi connectivity index (χ0v) is 12.2. The summed E-state index contributed by atoms with van der Waals surface area (Å²) >= 11 is 5.86. The van der Waals surface area contributed by atoms with E-state index < -0.39 is 5.76 Å². The summed E-state index contributed by atoms with van der Waals surface area (Å²) in [5.74, 6) is -0.554. The van der Waals surface area contributed by atoms with E-state index in [4.69, 9.17) is 16.0 Å². The van der Waals surface area contributed by atoms with Crippen molar-refractivity contribution in [3.63, 3.8) is 0 Å². The van der Waals surface area contributed by atoms with Crippen LogP contribution in [0.5, 0.6) is 5.75 Å². The van der Waals surface area contributed by atoms with Crippen molar-refractivity contribution in [2.45, 2.75) is 12.8 Å². The zero-order valence-electron chi connectivity index (χ0n) is 11.4. The molecule has 22 heavy (non-hydrogen) atoms. The number of aromatic amines is 1. The van der Waals surface area contributed by atoms with Crippen LogP contribution in [0.1, 0.15) is 11.1 Å². The van der Waals surface area contributed by atoms with Crippen molar-refractivity contribution >= 4 is 28.5 Å². The summed E-state index contributed by atoms with van der Waals surface area (Å²) < 4.78 is 4.96. The van der Waals surface area contributed by atoms with Gasteiger partial charge < -0.3 is 9.52 Å². The number of benzene rings is 2. The highest BCUT2D eigenvalue weighted by Gasteiger charge is 2.11. The Morgan fingerprint density at radius 1 is 1.18 bits per heavy atom. The van der Waals surface area contributed by atoms with Crippen LogP contribution < -0.4 is 5.76 Å². The molecule has 0 atom stereocenters. The van der Waals surface area contributed by atoms with Gasteiger partial charge in [-0.1, -0.05) is 17.7 Å². The lowest BCUT2D eigenvalue weighted by Gasteiger charge is -2.05. The summed E-state index contributed by atoms with van der Waals surface area (Å²) in [6.07, 6.45) is 0.262. The molecule has 0 aliphatic carbocycles. The third kappa shape index (κ3) is 3.04. The standard InChI is InChI=1S/C16H12ClNO4/c17-11-2-4-14(20)10(7-11)8-12(19)5-9-1-3-13-15(6-9)22-16(21)18-13/h1-4,6-7,20H,5,8H2,(H,18,21). The second kappa shape index (κ2) is 5.69. The minimum absolute atomic E-state index is 0.0461. The molecule has 3 aromatic rings. The maximum Gasteiger partial charge on any atom is 0.417 e. The van der Waals surface area contributed by atoms with E-state index in [1.165, 1.54) is 6.07 Å². The van der Waals surface area contributed by atoms with Crippen molar-refractivity contribution in [2.75, 3.05) is 0 Å². The smallest absolute Gasteiger partial charge is 0.417 e. The number of fused-ring (bicyclic) bond motifs is 1. The number of Topliss-reactive ketones (excluding diaryl/α,β-unsaturated/α-hetero) is 1. The second-order valence-electron chi connectivity index (χ2n) is 5.01. The molecule has 5 nitrogen and oxygen atoms in total. The van der Waals surface area contributed by atoms with Gasteiger partial charge in [0.25, 0.3) is 0 Å². The summed E-state index contributed by atoms with van der Waals surface area (Å²) in [6.45, 7) is 0. The van der Waals surface area contributed by atoms with E-state index in [1.807, 2.05) is 0 Å². The number of aromatic hydroxyl groups is 1. The molecule has 2 aromatic carbocycles. The summed E-state index contributed by atoms with van der Waals surface area (Å²) in [7, 11) is 0. The summed E-state index contributed by atoms with van der Waals surface area (Å²) in [6, 6.07) is 9.70. The number of oxazole rings is 1. The second-order valence-corrected chi connectivity index (χ2v) is 5.45. The highest BCUT2D eigenvalue weighted by molar-refractivity contribution is 6.30. The van der Waals surface area contributed by atoms with E-state index >= 15 is 0 Å². The number of carbonyl (C=O) groups is 1. The molecule has 0 saturated carbocycles. The number of phenols is 1. The fourth-order valence-corrected chi connectivity index (χ4v) is 2.49. The quantitative estimate of drug-likeness (QED) is 0.775. The minimum Gasteiger partial charge on any atom is -0.508 e. The minimum atomic E-state index is -0.526. The molecule has 6 heteroatoms. The Labute approximate surface area is 130 Å². The lowest BCUT2D eigenvalue weighted by atomic mass is 10.0. The molecular formula is C16H12ClNO4. The fraction of sp³-hybridized carbons (Fsp3) is 0.125. The van der Waals surface area contributed by atoms with E-state index in [9.17, 15) is 14.7 Å². The number of H-pyrrole nitrogens is 1. The molecule has 0 saturated heterocycles. The van der Waals surface area contributed by atoms with Crippen molar-refractivity contribution in [1.82, 2.24) is 4.98 Å². The van der Waals surface area contributed by atoms with Gasteiger partial charge in [-0.15, -0.1) is 0 Å². The Morgan fingerprint density at radius 2 is 2.00 bits per heavy atom. The van der Waals surface area contributed by atoms with Gasteiger partial charge in [-0.05, 0) is 35.9 Å². The maximum absolute atomic E-state index is 12.1. The third-order valence-electron chi connectivity index (χ3n) is 3.32. The number of hydrogen-bond donors (Lipinski definition) is 2. The van der Waals surface area contributed by atoms with Crippen molar-refractivity contribution in [2.24, 2.45) is 0 Å². The van der Waals surface area contributed by atoms with Gasteiger partial charge in [0.2, 0.25) is 0 Å². The number of phenolic OH excluding ortho intramolecular Hbond substituents is 1. The molecule has 2 N–H and O–H groups in total. The first-order chi connectivity index (χ1) is 10.5. The average molecular weight is 318 g/mol. The van der Waals surface area contributed by atoms with Gasteiger partial charge in [0.15, 0.2) is 5.58 Å². The van der Waals surface area contributed by atoms with Crippen LogP contribution in [0.15, 0.2) is 45.6 Å². The Hall–Kier alpha value is -2.53. The molecular weight excluding hydrogens is 306 g/mol. The Kier molecular flexibility index (Phi) is 3.73. The molecule has 0 aliphatic rings. The first kappa shape index (κ1) is 14.4. The summed E-state index contributed by atoms with van der Waals surface area (Å²) in [4.78, 5) is 25.8. The van der Waals surface area contributed by atoms with E-state index in [-0.39, 0.29) is 24.4 Å². The molecule has 0 bridgehead atoms. The zero-order chi connectivity index (χ0) is 15.7. The van der Waals surface area contributed by atoms with Crippen molar-refractivity contribution in [3.8, 4) is 5.75 Å². The highest BCUT2D eigenvalue weighted by atomic mass is 35.5. The molecule has 0 unspecified atom stereocenters. The fourth-order valence-electron chi connectivity index (χ4n) is 2.30. The first-order valence-electron chi connectivity index (χ1n) is 6.62. The maximum atomic E-state index is 12.1. The first-order valence-corrected chi connectivity index (χ1v) is 7.00. The van der Waals surface area contributed by atoms with E-state index in [1.54, 1.807) is 30.3 Å². The third-order valence-corrected chi connectivity index (χ3v) is 3.55. The molecule has 112 valence electrons. The Morgan fingerprint density at radius 3 is 2.82 bits per heavy atom. The summed E-state index contributed by atoms with van der Waals surface area (Å²) in [5.41, 5.74) is 2.24. The SMILES string of the molecule is O=C(Cc1ccc2[nH]c(=O)oc2c1)Cc1cc(Cl)ccc1O. The molecule has 0 amide bonds. The van der Waals surface area contributed by atoms with Crippen LogP contribution in [0.4, 0.5) is 0 Å². The number of ketones is 1. The van der Waals surface area contributed by atoms with Gasteiger partial charge in [0.1, 0.15) is 11.5 Å². The molecule has 0 aliphatic heterocycles. The number of halogens is 1. The molecule has 0 fully saturated rings. The van der Waals surface area contributed by atoms with Gasteiger partial charge in [-0.25, -0.2) is 4.79 Å². The van der Waals surface area contributed by atoms with Crippen LogP contribution in [0, 0.1) is 0 Å². The van der Waals surface area contributed by atoms with Crippen molar-refractivity contribution in [1.29, 1.82) is 0 Å². The summed E-state index contributed by atoms with van der Waals surface area (Å²) in [5, 5.41) is 10.2. The Balaban J connectivity index is 1.77. The number of nitrogens with one attached hydrogen (secondary N) is 1. The lowest BCUT2D eigenvalue weighted by Crippen LogP contribution is -2.06. The van der Waals surface area contributed by atoms with Gasteiger partial charge in [0, 0.05) is 23.4 Å². The monoisotopic (exact) mass is 317 g/mol. The Bertz CT molecular complexity index is 910. The number of aromatic nitrogens is 1. The average Bonchev–Trinajstić information content (AvgIpc) is 2.82. The van der Waals surface area contributed by atoms with Gasteiger partial charge in [0.05, 0.1) is 5.52 Å². The number of rotatable bonds is 4. The van der Waals surface area contributed by atoms with Gasteiger partial charge >= 0.3 is 5.76 Å². The van der Waals surface area contributed by atoms with Gasteiger partial charge in [-0.3, -0.25) is 9.78 Å². The van der Waals surface area contributed by atoms with Crippen LogP contribution in [0.3, 0.4) is 0 Å². The van der Waals surface area contributed by atoms with Crippen molar-refractivity contribution in [3.05, 3.63) is 63.1 Å². The largest absolute Gasteiger partial charge is 0.508 e. The lowest BCUT2D eigenvalue weighted by molar-refractivity contribution is -0.117. The predicted molar refractivity (Wildman–Crippen MR) is 82.4 cm³/mol. The van der Waals surface area contributed by atoms with E-state index in [0.717, 1.165) is 5.56 Å². The molecule has 3 rings (SSSR count). The predicted octanol–water partition coefficient (Wildman–Crippen LogP) is 2.83. The molecule has 0 radical (unpaired) electrons. The number of carbonyl (C=O) groups excluding carboxylic acids is 1. The van der Waals surface area contributed by atoms with Crippen LogP contribution in [-0.4, -0.2) is 15.9 Å². The number of hydrogen-bond acceptors (Lipinski definition) is 4. The van der Waals surface area contributed by atoms with Crippen LogP contribution in [-0.2, 0) is 17.6 Å². The van der Waals surface area contributed by atoms with Gasteiger partial charge in [-0.2, -0.15) is 0 Å². The van der Waals surface area contributed by atoms with E-state index in [0.29, 0.717) is 21.7 Å². The topological polar surface area (TPSA) is 83.3 Å². The van der Waals surface area contributed by atoms with Crippen LogP contribution in [0.2, 0.25) is 5.02 Å².